The van der Waals surface area contributed by atoms with E-state index in [1.54, 1.807) is 36.1 Å². The molecule has 148 valence electrons. The first-order valence-electron chi connectivity index (χ1n) is 9.44. The predicted octanol–water partition coefficient (Wildman–Crippen LogP) is 3.37. The molecule has 1 N–H and O–H groups in total. The van der Waals surface area contributed by atoms with E-state index in [4.69, 9.17) is 9.26 Å². The molecule has 7 nitrogen and oxygen atoms in total. The van der Waals surface area contributed by atoms with Gasteiger partial charge in [0.05, 0.1) is 24.5 Å². The van der Waals surface area contributed by atoms with E-state index in [9.17, 15) is 9.59 Å². The average molecular weight is 391 g/mol. The standard InChI is InChI=1S/C22H21N3O4/c1-15-19(20(24-29-15)16-7-3-2-4-8-16)21(26)23-18-10-6-5-9-17(18)22(27)25-11-13-28-14-12-25/h2-10H,11-14H2,1H3,(H,23,26). The number of para-hydroxylation sites is 1. The van der Waals surface area contributed by atoms with Gasteiger partial charge in [-0.1, -0.05) is 47.6 Å². The van der Waals surface area contributed by atoms with Gasteiger partial charge in [-0.05, 0) is 19.1 Å². The zero-order valence-electron chi connectivity index (χ0n) is 16.1. The Kier molecular flexibility index (Phi) is 5.39. The highest BCUT2D eigenvalue weighted by Gasteiger charge is 2.25. The molecule has 2 amide bonds. The van der Waals surface area contributed by atoms with Gasteiger partial charge in [0, 0.05) is 18.7 Å². The van der Waals surface area contributed by atoms with Crippen LogP contribution in [0.3, 0.4) is 0 Å². The third-order valence-corrected chi connectivity index (χ3v) is 4.84. The topological polar surface area (TPSA) is 84.7 Å². The number of nitrogens with zero attached hydrogens (tertiary/aromatic N) is 2. The second-order valence-corrected chi connectivity index (χ2v) is 6.73. The summed E-state index contributed by atoms with van der Waals surface area (Å²) in [7, 11) is 0. The van der Waals surface area contributed by atoms with Crippen molar-refractivity contribution < 1.29 is 18.8 Å². The molecule has 29 heavy (non-hydrogen) atoms. The highest BCUT2D eigenvalue weighted by molar-refractivity contribution is 6.11. The van der Waals surface area contributed by atoms with Gasteiger partial charge in [-0.25, -0.2) is 0 Å². The maximum Gasteiger partial charge on any atom is 0.261 e. The first-order valence-corrected chi connectivity index (χ1v) is 9.44. The van der Waals surface area contributed by atoms with Crippen LogP contribution >= 0.6 is 0 Å². The number of aryl methyl sites for hydroxylation is 1. The van der Waals surface area contributed by atoms with E-state index in [1.807, 2.05) is 30.3 Å². The fraction of sp³-hybridized carbons (Fsp3) is 0.227. The molecule has 1 aliphatic heterocycles. The Morgan fingerprint density at radius 3 is 2.45 bits per heavy atom. The Bertz CT molecular complexity index is 1020. The summed E-state index contributed by atoms with van der Waals surface area (Å²) >= 11 is 0. The summed E-state index contributed by atoms with van der Waals surface area (Å²) in [5.74, 6) is -0.0855. The SMILES string of the molecule is Cc1onc(-c2ccccc2)c1C(=O)Nc1ccccc1C(=O)N1CCOCC1. The lowest BCUT2D eigenvalue weighted by atomic mass is 10.1. The molecule has 2 aromatic carbocycles. The Balaban J connectivity index is 1.62. The summed E-state index contributed by atoms with van der Waals surface area (Å²) in [6, 6.07) is 16.4. The van der Waals surface area contributed by atoms with Crippen molar-refractivity contribution in [1.82, 2.24) is 10.1 Å². The van der Waals surface area contributed by atoms with Crippen LogP contribution in [-0.4, -0.2) is 48.2 Å². The lowest BCUT2D eigenvalue weighted by molar-refractivity contribution is 0.0303. The third kappa shape index (κ3) is 3.90. The zero-order valence-corrected chi connectivity index (χ0v) is 16.1. The molecule has 0 radical (unpaired) electrons. The number of nitrogens with one attached hydrogen (secondary N) is 1. The summed E-state index contributed by atoms with van der Waals surface area (Å²) < 4.78 is 10.6. The molecule has 7 heteroatoms. The molecular weight excluding hydrogens is 370 g/mol. The van der Waals surface area contributed by atoms with Crippen molar-refractivity contribution >= 4 is 17.5 Å². The Labute approximate surface area is 168 Å². The summed E-state index contributed by atoms with van der Waals surface area (Å²) in [5, 5.41) is 6.92. The molecule has 0 saturated carbocycles. The number of rotatable bonds is 4. The fourth-order valence-corrected chi connectivity index (χ4v) is 3.33. The van der Waals surface area contributed by atoms with Crippen molar-refractivity contribution in [2.45, 2.75) is 6.92 Å². The summed E-state index contributed by atoms with van der Waals surface area (Å²) in [5.41, 5.74) is 2.50. The van der Waals surface area contributed by atoms with Crippen LogP contribution in [0.2, 0.25) is 0 Å². The minimum absolute atomic E-state index is 0.130. The molecule has 1 aromatic heterocycles. The van der Waals surface area contributed by atoms with Crippen molar-refractivity contribution in [3.05, 3.63) is 71.5 Å². The first-order chi connectivity index (χ1) is 14.1. The Morgan fingerprint density at radius 2 is 1.69 bits per heavy atom. The van der Waals surface area contributed by atoms with Crippen LogP contribution in [0.25, 0.3) is 11.3 Å². The second kappa shape index (κ2) is 8.28. The normalized spacial score (nSPS) is 13.9. The van der Waals surface area contributed by atoms with Crippen LogP contribution in [-0.2, 0) is 4.74 Å². The highest BCUT2D eigenvalue weighted by atomic mass is 16.5. The highest BCUT2D eigenvalue weighted by Crippen LogP contribution is 2.27. The number of amides is 2. The van der Waals surface area contributed by atoms with Gasteiger partial charge in [0.15, 0.2) is 0 Å². The third-order valence-electron chi connectivity index (χ3n) is 4.84. The lowest BCUT2D eigenvalue weighted by Gasteiger charge is -2.27. The number of carbonyl (C=O) groups excluding carboxylic acids is 2. The molecule has 0 spiro atoms. The molecule has 0 bridgehead atoms. The van der Waals surface area contributed by atoms with Crippen LogP contribution in [0.1, 0.15) is 26.5 Å². The van der Waals surface area contributed by atoms with E-state index in [1.165, 1.54) is 0 Å². The molecule has 4 rings (SSSR count). The van der Waals surface area contributed by atoms with E-state index in [0.29, 0.717) is 54.6 Å². The van der Waals surface area contributed by atoms with Gasteiger partial charge in [-0.2, -0.15) is 0 Å². The lowest BCUT2D eigenvalue weighted by Crippen LogP contribution is -2.41. The van der Waals surface area contributed by atoms with Gasteiger partial charge in [-0.3, -0.25) is 9.59 Å². The van der Waals surface area contributed by atoms with Gasteiger partial charge in [0.2, 0.25) is 0 Å². The number of carbonyl (C=O) groups is 2. The van der Waals surface area contributed by atoms with Crippen LogP contribution < -0.4 is 5.32 Å². The van der Waals surface area contributed by atoms with Crippen LogP contribution in [0.5, 0.6) is 0 Å². The number of ether oxygens (including phenoxy) is 1. The van der Waals surface area contributed by atoms with Crippen molar-refractivity contribution in [2.24, 2.45) is 0 Å². The second-order valence-electron chi connectivity index (χ2n) is 6.73. The molecule has 1 saturated heterocycles. The van der Waals surface area contributed by atoms with Gasteiger partial charge in [0.25, 0.3) is 11.8 Å². The molecule has 0 aliphatic carbocycles. The summed E-state index contributed by atoms with van der Waals surface area (Å²) in [6.07, 6.45) is 0. The number of hydrogen-bond acceptors (Lipinski definition) is 5. The molecule has 1 aliphatic rings. The van der Waals surface area contributed by atoms with Gasteiger partial charge >= 0.3 is 0 Å². The number of hydrogen-bond donors (Lipinski definition) is 1. The van der Waals surface area contributed by atoms with Crippen molar-refractivity contribution in [3.63, 3.8) is 0 Å². The monoisotopic (exact) mass is 391 g/mol. The first kappa shape index (κ1) is 18.9. The Morgan fingerprint density at radius 1 is 1.00 bits per heavy atom. The maximum absolute atomic E-state index is 13.1. The smallest absolute Gasteiger partial charge is 0.261 e. The molecule has 0 unspecified atom stereocenters. The molecule has 1 fully saturated rings. The Hall–Kier alpha value is -3.45. The van der Waals surface area contributed by atoms with Crippen molar-refractivity contribution in [3.8, 4) is 11.3 Å². The van der Waals surface area contributed by atoms with E-state index in [2.05, 4.69) is 10.5 Å². The van der Waals surface area contributed by atoms with E-state index < -0.39 is 0 Å². The quantitative estimate of drug-likeness (QED) is 0.737. The van der Waals surface area contributed by atoms with E-state index in [0.717, 1.165) is 5.56 Å². The fourth-order valence-electron chi connectivity index (χ4n) is 3.33. The minimum Gasteiger partial charge on any atom is -0.378 e. The van der Waals surface area contributed by atoms with E-state index in [-0.39, 0.29) is 11.8 Å². The van der Waals surface area contributed by atoms with Crippen LogP contribution in [0.4, 0.5) is 5.69 Å². The van der Waals surface area contributed by atoms with Gasteiger partial charge in [0.1, 0.15) is 17.0 Å². The molecular formula is C22H21N3O4. The molecule has 3 aromatic rings. The number of aromatic nitrogens is 1. The number of anilines is 1. The summed E-state index contributed by atoms with van der Waals surface area (Å²) in [6.45, 7) is 3.79. The van der Waals surface area contributed by atoms with E-state index >= 15 is 0 Å². The van der Waals surface area contributed by atoms with Gasteiger partial charge in [-0.15, -0.1) is 0 Å². The summed E-state index contributed by atoms with van der Waals surface area (Å²) in [4.78, 5) is 27.7. The van der Waals surface area contributed by atoms with Gasteiger partial charge < -0.3 is 19.5 Å². The number of morpholine rings is 1. The van der Waals surface area contributed by atoms with Crippen LogP contribution in [0.15, 0.2) is 59.1 Å². The minimum atomic E-state index is -0.371. The van der Waals surface area contributed by atoms with Crippen molar-refractivity contribution in [1.29, 1.82) is 0 Å². The largest absolute Gasteiger partial charge is 0.378 e. The zero-order chi connectivity index (χ0) is 20.2. The predicted molar refractivity (Wildman–Crippen MR) is 108 cm³/mol. The average Bonchev–Trinajstić information content (AvgIpc) is 3.16. The molecule has 0 atom stereocenters. The maximum atomic E-state index is 13.1. The molecule has 2 heterocycles. The van der Waals surface area contributed by atoms with Crippen molar-refractivity contribution in [2.75, 3.05) is 31.6 Å². The van der Waals surface area contributed by atoms with Crippen LogP contribution in [0, 0.1) is 6.92 Å². The number of benzene rings is 2.